The fourth-order valence-electron chi connectivity index (χ4n) is 2.61. The highest BCUT2D eigenvalue weighted by Gasteiger charge is 2.22. The average molecular weight is 267 g/mol. The Morgan fingerprint density at radius 2 is 2.06 bits per heavy atom. The third-order valence-corrected chi connectivity index (χ3v) is 3.77. The summed E-state index contributed by atoms with van der Waals surface area (Å²) in [6.45, 7) is 8.99. The van der Waals surface area contributed by atoms with E-state index in [9.17, 15) is 0 Å². The van der Waals surface area contributed by atoms with Crippen molar-refractivity contribution in [3.63, 3.8) is 0 Å². The van der Waals surface area contributed by atoms with Gasteiger partial charge >= 0.3 is 0 Å². The molecule has 1 aliphatic rings. The van der Waals surface area contributed by atoms with Gasteiger partial charge in [0.05, 0.1) is 0 Å². The van der Waals surface area contributed by atoms with Gasteiger partial charge in [-0.2, -0.15) is 0 Å². The maximum atomic E-state index is 5.93. The molecule has 1 aromatic carbocycles. The number of piperazine rings is 1. The van der Waals surface area contributed by atoms with Gasteiger partial charge in [-0.3, -0.25) is 4.90 Å². The van der Waals surface area contributed by atoms with Crippen molar-refractivity contribution < 1.29 is 0 Å². The van der Waals surface area contributed by atoms with E-state index in [0.29, 0.717) is 6.04 Å². The maximum absolute atomic E-state index is 5.93. The van der Waals surface area contributed by atoms with Crippen LogP contribution in [0.25, 0.3) is 0 Å². The molecule has 1 atom stereocenters. The zero-order chi connectivity index (χ0) is 13.0. The zero-order valence-corrected chi connectivity index (χ0v) is 12.1. The first-order chi connectivity index (χ1) is 8.65. The molecule has 1 heterocycles. The van der Waals surface area contributed by atoms with Crippen LogP contribution in [0.4, 0.5) is 0 Å². The molecule has 0 spiro atoms. The molecule has 2 nitrogen and oxygen atoms in total. The average Bonchev–Trinajstić information content (AvgIpc) is 2.34. The van der Waals surface area contributed by atoms with Crippen molar-refractivity contribution >= 4 is 11.6 Å². The van der Waals surface area contributed by atoms with E-state index < -0.39 is 0 Å². The Kier molecular flexibility index (Phi) is 5.04. The van der Waals surface area contributed by atoms with Crippen LogP contribution in [-0.2, 0) is 6.54 Å². The van der Waals surface area contributed by atoms with Gasteiger partial charge in [-0.15, -0.1) is 0 Å². The van der Waals surface area contributed by atoms with E-state index >= 15 is 0 Å². The summed E-state index contributed by atoms with van der Waals surface area (Å²) in [5, 5.41) is 4.32. The molecule has 1 fully saturated rings. The molecule has 100 valence electrons. The van der Waals surface area contributed by atoms with Gasteiger partial charge in [0.1, 0.15) is 0 Å². The summed E-state index contributed by atoms with van der Waals surface area (Å²) in [5.41, 5.74) is 1.36. The topological polar surface area (TPSA) is 15.3 Å². The van der Waals surface area contributed by atoms with Crippen LogP contribution in [0.2, 0.25) is 5.02 Å². The lowest BCUT2D eigenvalue weighted by molar-refractivity contribution is 0.134. The molecule has 1 aliphatic heterocycles. The van der Waals surface area contributed by atoms with Gasteiger partial charge in [0.2, 0.25) is 0 Å². The summed E-state index contributed by atoms with van der Waals surface area (Å²) in [6.07, 6.45) is 1.26. The van der Waals surface area contributed by atoms with Gasteiger partial charge in [-0.1, -0.05) is 37.6 Å². The lowest BCUT2D eigenvalue weighted by Crippen LogP contribution is -2.51. The van der Waals surface area contributed by atoms with Gasteiger partial charge < -0.3 is 5.32 Å². The van der Waals surface area contributed by atoms with Crippen LogP contribution < -0.4 is 5.32 Å². The van der Waals surface area contributed by atoms with Crippen molar-refractivity contribution in [1.29, 1.82) is 0 Å². The van der Waals surface area contributed by atoms with Gasteiger partial charge in [0.15, 0.2) is 0 Å². The van der Waals surface area contributed by atoms with Crippen LogP contribution in [-0.4, -0.2) is 30.6 Å². The SMILES string of the molecule is CC(C)CC1CNCCN1Cc1ccc(Cl)cc1. The Morgan fingerprint density at radius 1 is 1.33 bits per heavy atom. The second-order valence-corrected chi connectivity index (χ2v) is 6.02. The molecule has 2 rings (SSSR count). The van der Waals surface area contributed by atoms with Crippen LogP contribution in [0.1, 0.15) is 25.8 Å². The summed E-state index contributed by atoms with van der Waals surface area (Å²) >= 11 is 5.93. The lowest BCUT2D eigenvalue weighted by Gasteiger charge is -2.37. The number of rotatable bonds is 4. The van der Waals surface area contributed by atoms with Crippen molar-refractivity contribution in [3.05, 3.63) is 34.9 Å². The van der Waals surface area contributed by atoms with Crippen molar-refractivity contribution in [2.75, 3.05) is 19.6 Å². The third-order valence-electron chi connectivity index (χ3n) is 3.51. The second kappa shape index (κ2) is 6.55. The van der Waals surface area contributed by atoms with Gasteiger partial charge in [-0.05, 0) is 30.0 Å². The zero-order valence-electron chi connectivity index (χ0n) is 11.3. The molecule has 1 saturated heterocycles. The van der Waals surface area contributed by atoms with E-state index in [0.717, 1.165) is 37.1 Å². The van der Waals surface area contributed by atoms with E-state index in [-0.39, 0.29) is 0 Å². The van der Waals surface area contributed by atoms with E-state index in [1.54, 1.807) is 0 Å². The molecular weight excluding hydrogens is 244 g/mol. The molecule has 0 aliphatic carbocycles. The van der Waals surface area contributed by atoms with Crippen LogP contribution in [0.5, 0.6) is 0 Å². The molecule has 0 aromatic heterocycles. The van der Waals surface area contributed by atoms with Gasteiger partial charge in [-0.25, -0.2) is 0 Å². The highest BCUT2D eigenvalue weighted by molar-refractivity contribution is 6.30. The normalized spacial score (nSPS) is 21.4. The summed E-state index contributed by atoms with van der Waals surface area (Å²) < 4.78 is 0. The molecule has 0 saturated carbocycles. The smallest absolute Gasteiger partial charge is 0.0406 e. The highest BCUT2D eigenvalue weighted by atomic mass is 35.5. The minimum absolute atomic E-state index is 0.662. The number of nitrogens with zero attached hydrogens (tertiary/aromatic N) is 1. The predicted octanol–water partition coefficient (Wildman–Crippen LogP) is 3.16. The van der Waals surface area contributed by atoms with E-state index in [4.69, 9.17) is 11.6 Å². The predicted molar refractivity (Wildman–Crippen MR) is 78.0 cm³/mol. The first-order valence-corrected chi connectivity index (χ1v) is 7.22. The summed E-state index contributed by atoms with van der Waals surface area (Å²) in [6, 6.07) is 8.90. The molecule has 0 amide bonds. The molecule has 1 aromatic rings. The van der Waals surface area contributed by atoms with Crippen LogP contribution >= 0.6 is 11.6 Å². The molecule has 1 unspecified atom stereocenters. The first kappa shape index (κ1) is 13.9. The summed E-state index contributed by atoms with van der Waals surface area (Å²) in [7, 11) is 0. The van der Waals surface area contributed by atoms with E-state index in [1.165, 1.54) is 12.0 Å². The monoisotopic (exact) mass is 266 g/mol. The van der Waals surface area contributed by atoms with Crippen molar-refractivity contribution in [2.45, 2.75) is 32.9 Å². The number of benzene rings is 1. The van der Waals surface area contributed by atoms with Crippen molar-refractivity contribution in [1.82, 2.24) is 10.2 Å². The summed E-state index contributed by atoms with van der Waals surface area (Å²) in [5.74, 6) is 0.752. The van der Waals surface area contributed by atoms with Crippen molar-refractivity contribution in [3.8, 4) is 0 Å². The minimum atomic E-state index is 0.662. The maximum Gasteiger partial charge on any atom is 0.0406 e. The number of hydrogen-bond acceptors (Lipinski definition) is 2. The number of nitrogens with one attached hydrogen (secondary N) is 1. The standard InChI is InChI=1S/C15H23ClN2/c1-12(2)9-15-10-17-7-8-18(15)11-13-3-5-14(16)6-4-13/h3-6,12,15,17H,7-11H2,1-2H3. The minimum Gasteiger partial charge on any atom is -0.314 e. The van der Waals surface area contributed by atoms with Gasteiger partial charge in [0.25, 0.3) is 0 Å². The highest BCUT2D eigenvalue weighted by Crippen LogP contribution is 2.17. The van der Waals surface area contributed by atoms with Crippen LogP contribution in [0.15, 0.2) is 24.3 Å². The second-order valence-electron chi connectivity index (χ2n) is 5.58. The molecule has 0 bridgehead atoms. The number of hydrogen-bond donors (Lipinski definition) is 1. The fraction of sp³-hybridized carbons (Fsp3) is 0.600. The third kappa shape index (κ3) is 3.98. The Labute approximate surface area is 115 Å². The molecular formula is C15H23ClN2. The Hall–Kier alpha value is -0.570. The largest absolute Gasteiger partial charge is 0.314 e. The summed E-state index contributed by atoms with van der Waals surface area (Å²) in [4.78, 5) is 2.60. The Morgan fingerprint density at radius 3 is 2.72 bits per heavy atom. The fourth-order valence-corrected chi connectivity index (χ4v) is 2.74. The Balaban J connectivity index is 1.98. The van der Waals surface area contributed by atoms with Crippen LogP contribution in [0.3, 0.4) is 0 Å². The molecule has 3 heteroatoms. The molecule has 1 N–H and O–H groups in total. The van der Waals surface area contributed by atoms with Crippen molar-refractivity contribution in [2.24, 2.45) is 5.92 Å². The molecule has 0 radical (unpaired) electrons. The lowest BCUT2D eigenvalue weighted by atomic mass is 10.00. The van der Waals surface area contributed by atoms with E-state index in [2.05, 4.69) is 36.2 Å². The van der Waals surface area contributed by atoms with E-state index in [1.807, 2.05) is 12.1 Å². The quantitative estimate of drug-likeness (QED) is 0.901. The van der Waals surface area contributed by atoms with Gasteiger partial charge in [0, 0.05) is 37.2 Å². The first-order valence-electron chi connectivity index (χ1n) is 6.84. The number of halogens is 1. The molecule has 18 heavy (non-hydrogen) atoms. The van der Waals surface area contributed by atoms with Crippen LogP contribution in [0, 0.1) is 5.92 Å². The Bertz CT molecular complexity index is 361.